The van der Waals surface area contributed by atoms with Gasteiger partial charge in [-0.2, -0.15) is 5.06 Å². The molecule has 1 aliphatic heterocycles. The minimum atomic E-state index is 0.400. The molecule has 1 aromatic heterocycles. The summed E-state index contributed by atoms with van der Waals surface area (Å²) in [6, 6.07) is 5.76. The van der Waals surface area contributed by atoms with Crippen LogP contribution in [0.2, 0.25) is 0 Å². The standard InChI is InChI=1S/C12H14N2O/c1-10(2)11-6-5-9-15-14(11)12-7-3-4-8-13-12/h3-10H,1-2H3. The van der Waals surface area contributed by atoms with E-state index in [1.807, 2.05) is 30.4 Å². The fraction of sp³-hybridized carbons (Fsp3) is 0.250. The molecule has 0 radical (unpaired) electrons. The van der Waals surface area contributed by atoms with Crippen molar-refractivity contribution in [1.29, 1.82) is 0 Å². The molecule has 3 nitrogen and oxygen atoms in total. The highest BCUT2D eigenvalue weighted by atomic mass is 16.7. The van der Waals surface area contributed by atoms with E-state index in [1.54, 1.807) is 17.5 Å². The van der Waals surface area contributed by atoms with Crippen molar-refractivity contribution in [3.63, 3.8) is 0 Å². The van der Waals surface area contributed by atoms with Crippen LogP contribution in [0.4, 0.5) is 5.82 Å². The van der Waals surface area contributed by atoms with Gasteiger partial charge >= 0.3 is 0 Å². The highest BCUT2D eigenvalue weighted by molar-refractivity contribution is 5.44. The zero-order valence-electron chi connectivity index (χ0n) is 8.92. The predicted molar refractivity (Wildman–Crippen MR) is 59.9 cm³/mol. The average Bonchev–Trinajstić information content (AvgIpc) is 2.30. The SMILES string of the molecule is CC(C)C1=CC=CON1c1ccccn1. The molecule has 0 spiro atoms. The molecule has 0 bridgehead atoms. The third-order valence-electron chi connectivity index (χ3n) is 2.20. The van der Waals surface area contributed by atoms with E-state index in [-0.39, 0.29) is 0 Å². The summed E-state index contributed by atoms with van der Waals surface area (Å²) < 4.78 is 0. The Morgan fingerprint density at radius 2 is 2.20 bits per heavy atom. The smallest absolute Gasteiger partial charge is 0.168 e. The van der Waals surface area contributed by atoms with Crippen LogP contribution in [-0.2, 0) is 4.84 Å². The van der Waals surface area contributed by atoms with Crippen molar-refractivity contribution < 1.29 is 4.84 Å². The quantitative estimate of drug-likeness (QED) is 0.737. The van der Waals surface area contributed by atoms with Gasteiger partial charge in [-0.3, -0.25) is 0 Å². The summed E-state index contributed by atoms with van der Waals surface area (Å²) in [5.74, 6) is 1.21. The van der Waals surface area contributed by atoms with Gasteiger partial charge < -0.3 is 4.84 Å². The number of allylic oxidation sites excluding steroid dienone is 3. The normalized spacial score (nSPS) is 15.1. The molecular weight excluding hydrogens is 188 g/mol. The lowest BCUT2D eigenvalue weighted by Gasteiger charge is -2.28. The monoisotopic (exact) mass is 202 g/mol. The van der Waals surface area contributed by atoms with Gasteiger partial charge in [0.2, 0.25) is 0 Å². The lowest BCUT2D eigenvalue weighted by molar-refractivity contribution is 0.222. The van der Waals surface area contributed by atoms with Gasteiger partial charge in [0.1, 0.15) is 6.26 Å². The molecule has 0 N–H and O–H groups in total. The summed E-state index contributed by atoms with van der Waals surface area (Å²) >= 11 is 0. The number of pyridine rings is 1. The Bertz CT molecular complexity index is 382. The first-order valence-corrected chi connectivity index (χ1v) is 5.03. The second-order valence-electron chi connectivity index (χ2n) is 3.66. The molecule has 0 saturated carbocycles. The average molecular weight is 202 g/mol. The van der Waals surface area contributed by atoms with E-state index in [4.69, 9.17) is 4.84 Å². The van der Waals surface area contributed by atoms with E-state index in [1.165, 1.54) is 0 Å². The summed E-state index contributed by atoms with van der Waals surface area (Å²) in [5, 5.41) is 1.75. The van der Waals surface area contributed by atoms with Crippen LogP contribution < -0.4 is 5.06 Å². The molecule has 1 aliphatic rings. The number of aromatic nitrogens is 1. The van der Waals surface area contributed by atoms with Crippen molar-refractivity contribution in [3.8, 4) is 0 Å². The van der Waals surface area contributed by atoms with Crippen molar-refractivity contribution in [2.24, 2.45) is 5.92 Å². The Labute approximate surface area is 89.6 Å². The predicted octanol–water partition coefficient (Wildman–Crippen LogP) is 2.89. The van der Waals surface area contributed by atoms with E-state index in [9.17, 15) is 0 Å². The number of hydroxylamine groups is 1. The minimum absolute atomic E-state index is 0.400. The van der Waals surface area contributed by atoms with Crippen molar-refractivity contribution in [2.45, 2.75) is 13.8 Å². The second kappa shape index (κ2) is 4.17. The van der Waals surface area contributed by atoms with Crippen LogP contribution in [0.5, 0.6) is 0 Å². The summed E-state index contributed by atoms with van der Waals surface area (Å²) in [6.45, 7) is 4.26. The third kappa shape index (κ3) is 2.01. The van der Waals surface area contributed by atoms with E-state index in [0.717, 1.165) is 11.5 Å². The molecule has 0 aliphatic carbocycles. The Balaban J connectivity index is 2.30. The van der Waals surface area contributed by atoms with Crippen LogP contribution in [0.25, 0.3) is 0 Å². The molecule has 0 aromatic carbocycles. The van der Waals surface area contributed by atoms with E-state index in [0.29, 0.717) is 5.92 Å². The van der Waals surface area contributed by atoms with Gasteiger partial charge in [-0.15, -0.1) is 0 Å². The molecule has 0 unspecified atom stereocenters. The highest BCUT2D eigenvalue weighted by Gasteiger charge is 2.18. The van der Waals surface area contributed by atoms with Gasteiger partial charge in [0.15, 0.2) is 5.82 Å². The fourth-order valence-electron chi connectivity index (χ4n) is 1.45. The summed E-state index contributed by atoms with van der Waals surface area (Å²) in [4.78, 5) is 9.72. The Morgan fingerprint density at radius 1 is 1.33 bits per heavy atom. The van der Waals surface area contributed by atoms with Gasteiger partial charge in [0, 0.05) is 6.20 Å². The zero-order valence-corrected chi connectivity index (χ0v) is 8.92. The van der Waals surface area contributed by atoms with Gasteiger partial charge in [0.25, 0.3) is 0 Å². The maximum atomic E-state index is 5.46. The minimum Gasteiger partial charge on any atom is -0.381 e. The molecule has 0 saturated heterocycles. The molecule has 3 heteroatoms. The molecule has 0 fully saturated rings. The zero-order chi connectivity index (χ0) is 10.7. The first kappa shape index (κ1) is 9.77. The number of hydrogen-bond donors (Lipinski definition) is 0. The van der Waals surface area contributed by atoms with Gasteiger partial charge in [-0.1, -0.05) is 19.9 Å². The van der Waals surface area contributed by atoms with Crippen LogP contribution in [0, 0.1) is 5.92 Å². The lowest BCUT2D eigenvalue weighted by Crippen LogP contribution is -2.26. The molecule has 1 aromatic rings. The van der Waals surface area contributed by atoms with Crippen LogP contribution >= 0.6 is 0 Å². The van der Waals surface area contributed by atoms with Crippen LogP contribution in [0.15, 0.2) is 48.5 Å². The number of rotatable bonds is 2. The van der Waals surface area contributed by atoms with Crippen molar-refractivity contribution in [1.82, 2.24) is 4.98 Å². The molecule has 0 amide bonds. The second-order valence-corrected chi connectivity index (χ2v) is 3.66. The number of nitrogens with zero attached hydrogens (tertiary/aromatic N) is 2. The fourth-order valence-corrected chi connectivity index (χ4v) is 1.45. The Hall–Kier alpha value is -1.77. The largest absolute Gasteiger partial charge is 0.381 e. The number of hydrogen-bond acceptors (Lipinski definition) is 3. The van der Waals surface area contributed by atoms with Crippen LogP contribution in [-0.4, -0.2) is 4.98 Å². The molecular formula is C12H14N2O. The molecule has 15 heavy (non-hydrogen) atoms. The number of anilines is 1. The molecule has 2 rings (SSSR count). The maximum Gasteiger partial charge on any atom is 0.168 e. The van der Waals surface area contributed by atoms with Crippen LogP contribution in [0.3, 0.4) is 0 Å². The molecule has 2 heterocycles. The first-order chi connectivity index (χ1) is 7.29. The van der Waals surface area contributed by atoms with E-state index in [2.05, 4.69) is 18.8 Å². The molecule has 78 valence electrons. The summed E-state index contributed by atoms with van der Waals surface area (Å²) in [5.41, 5.74) is 1.11. The van der Waals surface area contributed by atoms with Gasteiger partial charge in [-0.05, 0) is 30.2 Å². The maximum absolute atomic E-state index is 5.46. The highest BCUT2D eigenvalue weighted by Crippen LogP contribution is 2.24. The van der Waals surface area contributed by atoms with Crippen molar-refractivity contribution in [2.75, 3.05) is 5.06 Å². The van der Waals surface area contributed by atoms with Crippen molar-refractivity contribution >= 4 is 5.82 Å². The van der Waals surface area contributed by atoms with E-state index >= 15 is 0 Å². The Kier molecular flexibility index (Phi) is 2.72. The van der Waals surface area contributed by atoms with Crippen LogP contribution in [0.1, 0.15) is 13.8 Å². The summed E-state index contributed by atoms with van der Waals surface area (Å²) in [6.07, 6.45) is 7.35. The van der Waals surface area contributed by atoms with Gasteiger partial charge in [0.05, 0.1) is 5.70 Å². The Morgan fingerprint density at radius 3 is 2.87 bits per heavy atom. The third-order valence-corrected chi connectivity index (χ3v) is 2.20. The summed E-state index contributed by atoms with van der Waals surface area (Å²) in [7, 11) is 0. The van der Waals surface area contributed by atoms with Crippen molar-refractivity contribution in [3.05, 3.63) is 48.5 Å². The van der Waals surface area contributed by atoms with E-state index < -0.39 is 0 Å². The topological polar surface area (TPSA) is 25.4 Å². The van der Waals surface area contributed by atoms with Gasteiger partial charge in [-0.25, -0.2) is 4.98 Å². The molecule has 0 atom stereocenters. The lowest BCUT2D eigenvalue weighted by atomic mass is 10.1. The first-order valence-electron chi connectivity index (χ1n) is 5.03.